The van der Waals surface area contributed by atoms with Crippen LogP contribution in [-0.2, 0) is 18.4 Å². The second-order valence-corrected chi connectivity index (χ2v) is 10.1. The van der Waals surface area contributed by atoms with Crippen LogP contribution in [0.3, 0.4) is 0 Å². The van der Waals surface area contributed by atoms with E-state index in [0.29, 0.717) is 16.4 Å². The average Bonchev–Trinajstić information content (AvgIpc) is 3.42. The van der Waals surface area contributed by atoms with Crippen LogP contribution in [0.5, 0.6) is 0 Å². The molecule has 0 saturated carbocycles. The summed E-state index contributed by atoms with van der Waals surface area (Å²) < 4.78 is 1.87. The van der Waals surface area contributed by atoms with Gasteiger partial charge in [0.1, 0.15) is 0 Å². The first-order valence-electron chi connectivity index (χ1n) is 10.9. The number of aromatic nitrogens is 3. The Morgan fingerprint density at radius 1 is 1.18 bits per heavy atom. The maximum absolute atomic E-state index is 12.6. The van der Waals surface area contributed by atoms with E-state index >= 15 is 0 Å². The molecule has 2 N–H and O–H groups in total. The number of piperidine rings is 1. The number of rotatable bonds is 8. The van der Waals surface area contributed by atoms with Gasteiger partial charge in [0.05, 0.1) is 11.4 Å². The van der Waals surface area contributed by atoms with Crippen LogP contribution in [-0.4, -0.2) is 50.1 Å². The third-order valence-electron chi connectivity index (χ3n) is 5.57. The van der Waals surface area contributed by atoms with E-state index < -0.39 is 0 Å². The smallest absolute Gasteiger partial charge is 0.257 e. The Morgan fingerprint density at radius 3 is 2.64 bits per heavy atom. The van der Waals surface area contributed by atoms with Crippen molar-refractivity contribution in [2.24, 2.45) is 13.0 Å². The molecule has 174 valence electrons. The summed E-state index contributed by atoms with van der Waals surface area (Å²) >= 11 is 2.81. The lowest BCUT2D eigenvalue weighted by molar-refractivity contribution is -0.113. The topological polar surface area (TPSA) is 92.2 Å². The Kier molecular flexibility index (Phi) is 7.79. The molecule has 0 atom stereocenters. The summed E-state index contributed by atoms with van der Waals surface area (Å²) in [5.41, 5.74) is 2.15. The number of benzene rings is 1. The van der Waals surface area contributed by atoms with Crippen LogP contribution in [0.15, 0.2) is 47.2 Å². The number of aryl methyl sites for hydroxylation is 1. The van der Waals surface area contributed by atoms with E-state index in [-0.39, 0.29) is 17.6 Å². The second-order valence-electron chi connectivity index (χ2n) is 8.29. The van der Waals surface area contributed by atoms with Crippen LogP contribution in [0.25, 0.3) is 0 Å². The SMILES string of the molecule is CC1CCN(Cc2csc(NC(=O)c3ccc(NC(=O)CSc4nccn4C)cc3)n2)CC1. The maximum Gasteiger partial charge on any atom is 0.257 e. The molecule has 0 unspecified atom stereocenters. The lowest BCUT2D eigenvalue weighted by Gasteiger charge is -2.29. The zero-order valence-corrected chi connectivity index (χ0v) is 20.4. The number of anilines is 2. The predicted octanol–water partition coefficient (Wildman–Crippen LogP) is 4.09. The molecule has 2 amide bonds. The maximum atomic E-state index is 12.6. The normalized spacial score (nSPS) is 14.8. The van der Waals surface area contributed by atoms with Crippen LogP contribution in [0, 0.1) is 5.92 Å². The van der Waals surface area contributed by atoms with Crippen LogP contribution in [0.1, 0.15) is 35.8 Å². The van der Waals surface area contributed by atoms with Crippen molar-refractivity contribution in [3.05, 3.63) is 53.3 Å². The Labute approximate surface area is 201 Å². The molecule has 1 aromatic carbocycles. The van der Waals surface area contributed by atoms with Crippen LogP contribution in [0.2, 0.25) is 0 Å². The molecule has 33 heavy (non-hydrogen) atoms. The van der Waals surface area contributed by atoms with Crippen molar-refractivity contribution in [2.45, 2.75) is 31.5 Å². The van der Waals surface area contributed by atoms with Crippen LogP contribution in [0.4, 0.5) is 10.8 Å². The zero-order valence-electron chi connectivity index (χ0n) is 18.8. The van der Waals surface area contributed by atoms with Gasteiger partial charge in [0.2, 0.25) is 5.91 Å². The minimum atomic E-state index is -0.217. The van der Waals surface area contributed by atoms with Crippen molar-refractivity contribution >= 4 is 45.7 Å². The lowest BCUT2D eigenvalue weighted by atomic mass is 9.99. The molecule has 10 heteroatoms. The first kappa shape index (κ1) is 23.5. The number of amides is 2. The highest BCUT2D eigenvalue weighted by atomic mass is 32.2. The summed E-state index contributed by atoms with van der Waals surface area (Å²) in [4.78, 5) is 36.0. The second kappa shape index (κ2) is 11.0. The van der Waals surface area contributed by atoms with E-state index in [1.54, 1.807) is 30.5 Å². The first-order valence-corrected chi connectivity index (χ1v) is 12.8. The molecule has 1 fully saturated rings. The minimum absolute atomic E-state index is 0.126. The molecule has 3 heterocycles. The fraction of sp³-hybridized carbons (Fsp3) is 0.391. The summed E-state index contributed by atoms with van der Waals surface area (Å²) in [7, 11) is 1.89. The highest BCUT2D eigenvalue weighted by molar-refractivity contribution is 7.99. The summed E-state index contributed by atoms with van der Waals surface area (Å²) in [6, 6.07) is 6.84. The Hall–Kier alpha value is -2.69. The number of thiazole rings is 1. The van der Waals surface area contributed by atoms with Crippen molar-refractivity contribution in [3.8, 4) is 0 Å². The van der Waals surface area contributed by atoms with Crippen LogP contribution >= 0.6 is 23.1 Å². The van der Waals surface area contributed by atoms with E-state index in [0.717, 1.165) is 36.4 Å². The molecule has 1 aliphatic heterocycles. The van der Waals surface area contributed by atoms with E-state index in [2.05, 4.69) is 32.4 Å². The molecule has 0 radical (unpaired) electrons. The molecular weight excluding hydrogens is 456 g/mol. The number of hydrogen-bond acceptors (Lipinski definition) is 7. The monoisotopic (exact) mass is 484 g/mol. The van der Waals surface area contributed by atoms with Gasteiger partial charge >= 0.3 is 0 Å². The van der Waals surface area contributed by atoms with Gasteiger partial charge in [-0.3, -0.25) is 19.8 Å². The predicted molar refractivity (Wildman–Crippen MR) is 133 cm³/mol. The molecule has 1 saturated heterocycles. The summed E-state index contributed by atoms with van der Waals surface area (Å²) in [6.45, 7) is 5.33. The fourth-order valence-corrected chi connectivity index (χ4v) is 5.01. The van der Waals surface area contributed by atoms with Gasteiger partial charge in [-0.2, -0.15) is 0 Å². The van der Waals surface area contributed by atoms with E-state index in [9.17, 15) is 9.59 Å². The standard InChI is InChI=1S/C23H28N6O2S2/c1-16-7-10-29(11-8-16)13-19-14-32-22(26-19)27-21(31)17-3-5-18(6-4-17)25-20(30)15-33-23-24-9-12-28(23)2/h3-6,9,12,14,16H,7-8,10-11,13,15H2,1-2H3,(H,25,30)(H,26,27,31). The van der Waals surface area contributed by atoms with Crippen molar-refractivity contribution in [2.75, 3.05) is 29.5 Å². The third kappa shape index (κ3) is 6.66. The molecule has 0 aliphatic carbocycles. The number of carbonyl (C=O) groups excluding carboxylic acids is 2. The van der Waals surface area contributed by atoms with E-state index in [1.165, 1.54) is 35.9 Å². The Balaban J connectivity index is 1.25. The molecule has 0 bridgehead atoms. The number of likely N-dealkylation sites (tertiary alicyclic amines) is 1. The number of hydrogen-bond donors (Lipinski definition) is 2. The molecule has 4 rings (SSSR count). The minimum Gasteiger partial charge on any atom is -0.329 e. The Morgan fingerprint density at radius 2 is 1.94 bits per heavy atom. The number of imidazole rings is 1. The van der Waals surface area contributed by atoms with Crippen molar-refractivity contribution in [1.82, 2.24) is 19.4 Å². The number of nitrogens with zero attached hydrogens (tertiary/aromatic N) is 4. The van der Waals surface area contributed by atoms with Gasteiger partial charge in [0.15, 0.2) is 10.3 Å². The van der Waals surface area contributed by atoms with Gasteiger partial charge in [-0.1, -0.05) is 18.7 Å². The van der Waals surface area contributed by atoms with Gasteiger partial charge in [-0.25, -0.2) is 9.97 Å². The van der Waals surface area contributed by atoms with Gasteiger partial charge < -0.3 is 9.88 Å². The molecular formula is C23H28N6O2S2. The van der Waals surface area contributed by atoms with Gasteiger partial charge in [-0.15, -0.1) is 11.3 Å². The average molecular weight is 485 g/mol. The lowest BCUT2D eigenvalue weighted by Crippen LogP contribution is -2.32. The van der Waals surface area contributed by atoms with E-state index in [4.69, 9.17) is 0 Å². The van der Waals surface area contributed by atoms with Crippen molar-refractivity contribution in [3.63, 3.8) is 0 Å². The third-order valence-corrected chi connectivity index (χ3v) is 7.44. The van der Waals surface area contributed by atoms with Crippen molar-refractivity contribution in [1.29, 1.82) is 0 Å². The Bertz CT molecular complexity index is 1090. The zero-order chi connectivity index (χ0) is 23.2. The highest BCUT2D eigenvalue weighted by Crippen LogP contribution is 2.22. The molecule has 3 aromatic rings. The van der Waals surface area contributed by atoms with Crippen molar-refractivity contribution < 1.29 is 9.59 Å². The van der Waals surface area contributed by atoms with Gasteiger partial charge in [0, 0.05) is 42.6 Å². The summed E-state index contributed by atoms with van der Waals surface area (Å²) in [6.07, 6.45) is 6.00. The largest absolute Gasteiger partial charge is 0.329 e. The quantitative estimate of drug-likeness (QED) is 0.468. The molecule has 8 nitrogen and oxygen atoms in total. The highest BCUT2D eigenvalue weighted by Gasteiger charge is 2.17. The number of thioether (sulfide) groups is 1. The summed E-state index contributed by atoms with van der Waals surface area (Å²) in [5.74, 6) is 0.719. The number of nitrogens with one attached hydrogen (secondary N) is 2. The molecule has 0 spiro atoms. The summed E-state index contributed by atoms with van der Waals surface area (Å²) in [5, 5.41) is 9.11. The van der Waals surface area contributed by atoms with Crippen LogP contribution < -0.4 is 10.6 Å². The van der Waals surface area contributed by atoms with Gasteiger partial charge in [0.25, 0.3) is 5.91 Å². The van der Waals surface area contributed by atoms with Gasteiger partial charge in [-0.05, 0) is 56.1 Å². The number of carbonyl (C=O) groups is 2. The fourth-order valence-electron chi connectivity index (χ4n) is 3.58. The van der Waals surface area contributed by atoms with E-state index in [1.807, 2.05) is 23.2 Å². The molecule has 1 aliphatic rings. The first-order chi connectivity index (χ1) is 16.0. The molecule has 2 aromatic heterocycles.